The maximum absolute atomic E-state index is 5.26. The fourth-order valence-corrected chi connectivity index (χ4v) is 2.20. The van der Waals surface area contributed by atoms with Crippen LogP contribution in [0.1, 0.15) is 18.1 Å². The molecular weight excluding hydrogens is 288 g/mol. The summed E-state index contributed by atoms with van der Waals surface area (Å²) < 4.78 is 5.26. The van der Waals surface area contributed by atoms with Crippen molar-refractivity contribution < 1.29 is 4.74 Å². The molecule has 0 fully saturated rings. The Morgan fingerprint density at radius 3 is 2.70 bits per heavy atom. The van der Waals surface area contributed by atoms with E-state index < -0.39 is 0 Å². The Kier molecular flexibility index (Phi) is 6.91. The van der Waals surface area contributed by atoms with E-state index in [1.54, 1.807) is 13.3 Å². The Labute approximate surface area is 137 Å². The second kappa shape index (κ2) is 9.46. The van der Waals surface area contributed by atoms with E-state index in [0.717, 1.165) is 31.0 Å². The molecule has 0 aliphatic carbocycles. The summed E-state index contributed by atoms with van der Waals surface area (Å²) in [6, 6.07) is 14.3. The summed E-state index contributed by atoms with van der Waals surface area (Å²) in [5.41, 5.74) is 2.28. The number of rotatable bonds is 7. The van der Waals surface area contributed by atoms with Crippen LogP contribution in [0.25, 0.3) is 0 Å². The van der Waals surface area contributed by atoms with Gasteiger partial charge in [-0.15, -0.1) is 0 Å². The minimum absolute atomic E-state index is 0.525. The summed E-state index contributed by atoms with van der Waals surface area (Å²) in [5.74, 6) is 1.42. The van der Waals surface area contributed by atoms with Gasteiger partial charge < -0.3 is 15.4 Å². The van der Waals surface area contributed by atoms with E-state index >= 15 is 0 Å². The number of ether oxygens (including phenoxy) is 1. The number of hydrogen-bond donors (Lipinski definition) is 2. The molecule has 2 aromatic rings. The lowest BCUT2D eigenvalue weighted by Gasteiger charge is -2.12. The smallest absolute Gasteiger partial charge is 0.218 e. The largest absolute Gasteiger partial charge is 0.481 e. The molecule has 23 heavy (non-hydrogen) atoms. The van der Waals surface area contributed by atoms with Crippen LogP contribution in [0.5, 0.6) is 5.88 Å². The molecule has 2 N–H and O–H groups in total. The normalized spacial score (nSPS) is 11.1. The van der Waals surface area contributed by atoms with E-state index in [0.29, 0.717) is 12.4 Å². The molecule has 1 aromatic heterocycles. The zero-order valence-electron chi connectivity index (χ0n) is 13.7. The van der Waals surface area contributed by atoms with Gasteiger partial charge in [0.05, 0.1) is 13.7 Å². The number of methoxy groups -OCH3 is 1. The molecule has 0 aliphatic rings. The molecule has 5 heteroatoms. The number of benzene rings is 1. The first-order valence-corrected chi connectivity index (χ1v) is 7.87. The van der Waals surface area contributed by atoms with Crippen LogP contribution in [0.4, 0.5) is 0 Å². The highest BCUT2D eigenvalue weighted by Gasteiger charge is 2.03. The number of nitrogens with one attached hydrogen (secondary N) is 2. The van der Waals surface area contributed by atoms with Gasteiger partial charge in [-0.3, -0.25) is 0 Å². The first kappa shape index (κ1) is 16.8. The van der Waals surface area contributed by atoms with Gasteiger partial charge in [-0.05, 0) is 25.0 Å². The lowest BCUT2D eigenvalue weighted by Crippen LogP contribution is -2.38. The molecule has 1 aromatic carbocycles. The van der Waals surface area contributed by atoms with Crippen molar-refractivity contribution >= 4 is 5.96 Å². The van der Waals surface area contributed by atoms with Crippen molar-refractivity contribution in [2.75, 3.05) is 20.2 Å². The molecule has 0 saturated carbocycles. The van der Waals surface area contributed by atoms with Gasteiger partial charge in [0.15, 0.2) is 5.96 Å². The minimum atomic E-state index is 0.525. The fourth-order valence-electron chi connectivity index (χ4n) is 2.20. The highest BCUT2D eigenvalue weighted by molar-refractivity contribution is 5.79. The molecule has 0 atom stereocenters. The highest BCUT2D eigenvalue weighted by atomic mass is 16.5. The first-order valence-electron chi connectivity index (χ1n) is 7.87. The Morgan fingerprint density at radius 2 is 1.96 bits per heavy atom. The molecule has 1 heterocycles. The fraction of sp³-hybridized carbons (Fsp3) is 0.333. The van der Waals surface area contributed by atoms with Crippen molar-refractivity contribution in [3.8, 4) is 5.88 Å². The topological polar surface area (TPSA) is 58.5 Å². The number of hydrogen-bond acceptors (Lipinski definition) is 3. The Bertz CT molecular complexity index is 613. The van der Waals surface area contributed by atoms with Crippen LogP contribution in [-0.4, -0.2) is 31.1 Å². The quantitative estimate of drug-likeness (QED) is 0.609. The van der Waals surface area contributed by atoms with Gasteiger partial charge in [0.2, 0.25) is 5.88 Å². The SMILES string of the molecule is CCNC(=NCc1cccnc1OC)NCCc1ccccc1. The zero-order valence-corrected chi connectivity index (χ0v) is 13.7. The summed E-state index contributed by atoms with van der Waals surface area (Å²) in [6.07, 6.45) is 2.68. The molecule has 0 unspecified atom stereocenters. The highest BCUT2D eigenvalue weighted by Crippen LogP contribution is 2.14. The third-order valence-corrected chi connectivity index (χ3v) is 3.34. The molecular formula is C18H24N4O. The van der Waals surface area contributed by atoms with Gasteiger partial charge in [0, 0.05) is 24.8 Å². The van der Waals surface area contributed by atoms with Crippen LogP contribution < -0.4 is 15.4 Å². The average Bonchev–Trinajstić information content (AvgIpc) is 2.61. The maximum atomic E-state index is 5.26. The molecule has 0 spiro atoms. The molecule has 0 aliphatic heterocycles. The summed E-state index contributed by atoms with van der Waals surface area (Å²) in [6.45, 7) is 4.23. The molecule has 2 rings (SSSR count). The minimum Gasteiger partial charge on any atom is -0.481 e. The van der Waals surface area contributed by atoms with Crippen LogP contribution in [0, 0.1) is 0 Å². The van der Waals surface area contributed by atoms with E-state index in [4.69, 9.17) is 4.74 Å². The predicted octanol–water partition coefficient (Wildman–Crippen LogP) is 2.39. The zero-order chi connectivity index (χ0) is 16.3. The van der Waals surface area contributed by atoms with Crippen LogP contribution in [-0.2, 0) is 13.0 Å². The van der Waals surface area contributed by atoms with E-state index in [-0.39, 0.29) is 0 Å². The lowest BCUT2D eigenvalue weighted by atomic mass is 10.1. The Morgan fingerprint density at radius 1 is 1.13 bits per heavy atom. The molecule has 5 nitrogen and oxygen atoms in total. The van der Waals surface area contributed by atoms with Crippen molar-refractivity contribution in [3.05, 3.63) is 59.8 Å². The van der Waals surface area contributed by atoms with E-state index in [1.165, 1.54) is 5.56 Å². The van der Waals surface area contributed by atoms with Gasteiger partial charge in [-0.25, -0.2) is 9.98 Å². The van der Waals surface area contributed by atoms with Gasteiger partial charge in [0.1, 0.15) is 0 Å². The van der Waals surface area contributed by atoms with Gasteiger partial charge in [0.25, 0.3) is 0 Å². The second-order valence-electron chi connectivity index (χ2n) is 5.03. The molecule has 0 saturated heterocycles. The second-order valence-corrected chi connectivity index (χ2v) is 5.03. The number of aromatic nitrogens is 1. The predicted molar refractivity (Wildman–Crippen MR) is 93.8 cm³/mol. The summed E-state index contributed by atoms with van der Waals surface area (Å²) >= 11 is 0. The molecule has 0 amide bonds. The van der Waals surface area contributed by atoms with Crippen LogP contribution in [0.3, 0.4) is 0 Å². The molecule has 122 valence electrons. The van der Waals surface area contributed by atoms with Crippen LogP contribution in [0.15, 0.2) is 53.7 Å². The van der Waals surface area contributed by atoms with E-state index in [9.17, 15) is 0 Å². The third-order valence-electron chi connectivity index (χ3n) is 3.34. The van der Waals surface area contributed by atoms with Gasteiger partial charge in [-0.1, -0.05) is 36.4 Å². The van der Waals surface area contributed by atoms with E-state index in [1.807, 2.05) is 18.2 Å². The van der Waals surface area contributed by atoms with Crippen molar-refractivity contribution in [2.24, 2.45) is 4.99 Å². The van der Waals surface area contributed by atoms with Gasteiger partial charge in [-0.2, -0.15) is 0 Å². The number of guanidine groups is 1. The van der Waals surface area contributed by atoms with Crippen molar-refractivity contribution in [1.29, 1.82) is 0 Å². The molecule has 0 bridgehead atoms. The first-order chi connectivity index (χ1) is 11.3. The number of pyridine rings is 1. The third kappa shape index (κ3) is 5.62. The lowest BCUT2D eigenvalue weighted by molar-refractivity contribution is 0.392. The Hall–Kier alpha value is -2.56. The van der Waals surface area contributed by atoms with Crippen molar-refractivity contribution in [3.63, 3.8) is 0 Å². The van der Waals surface area contributed by atoms with Crippen LogP contribution in [0.2, 0.25) is 0 Å². The average molecular weight is 312 g/mol. The standard InChI is InChI=1S/C18H24N4O/c1-3-19-18(21-13-11-15-8-5-4-6-9-15)22-14-16-10-7-12-20-17(16)23-2/h4-10,12H,3,11,13-14H2,1-2H3,(H2,19,21,22). The van der Waals surface area contributed by atoms with Crippen LogP contribution >= 0.6 is 0 Å². The Balaban J connectivity index is 1.91. The summed E-state index contributed by atoms with van der Waals surface area (Å²) in [5, 5.41) is 6.61. The number of nitrogens with zero attached hydrogens (tertiary/aromatic N) is 2. The number of aliphatic imine (C=N–C) groups is 1. The van der Waals surface area contributed by atoms with Crippen molar-refractivity contribution in [1.82, 2.24) is 15.6 Å². The molecule has 0 radical (unpaired) electrons. The maximum Gasteiger partial charge on any atom is 0.218 e. The monoisotopic (exact) mass is 312 g/mol. The van der Waals surface area contributed by atoms with E-state index in [2.05, 4.69) is 51.8 Å². The van der Waals surface area contributed by atoms with Crippen molar-refractivity contribution in [2.45, 2.75) is 19.9 Å². The van der Waals surface area contributed by atoms with Gasteiger partial charge >= 0.3 is 0 Å². The summed E-state index contributed by atoms with van der Waals surface area (Å²) in [7, 11) is 1.62. The summed E-state index contributed by atoms with van der Waals surface area (Å²) in [4.78, 5) is 8.79.